The summed E-state index contributed by atoms with van der Waals surface area (Å²) in [5, 5.41) is 5.81. The van der Waals surface area contributed by atoms with Crippen molar-refractivity contribution in [2.45, 2.75) is 19.3 Å². The van der Waals surface area contributed by atoms with E-state index in [1.807, 2.05) is 23.6 Å². The van der Waals surface area contributed by atoms with Gasteiger partial charge in [-0.1, -0.05) is 18.2 Å². The first-order chi connectivity index (χ1) is 13.8. The molecule has 0 radical (unpaired) electrons. The zero-order valence-electron chi connectivity index (χ0n) is 15.3. The summed E-state index contributed by atoms with van der Waals surface area (Å²) in [5.41, 5.74) is 3.02. The number of aromatic nitrogens is 2. The predicted molar refractivity (Wildman–Crippen MR) is 105 cm³/mol. The van der Waals surface area contributed by atoms with E-state index in [0.29, 0.717) is 29.2 Å². The fraction of sp³-hybridized carbons (Fsp3) is 0.200. The van der Waals surface area contributed by atoms with E-state index in [9.17, 15) is 18.0 Å². The van der Waals surface area contributed by atoms with Crippen LogP contribution >= 0.6 is 11.3 Å². The number of nitrogens with zero attached hydrogens (tertiary/aromatic N) is 2. The first-order valence-corrected chi connectivity index (χ1v) is 9.60. The highest BCUT2D eigenvalue weighted by Crippen LogP contribution is 2.31. The number of hydrogen-bond acceptors (Lipinski definition) is 5. The van der Waals surface area contributed by atoms with E-state index < -0.39 is 17.5 Å². The molecule has 2 aromatic heterocycles. The zero-order valence-corrected chi connectivity index (χ0v) is 16.1. The third-order valence-electron chi connectivity index (χ3n) is 4.50. The summed E-state index contributed by atoms with van der Waals surface area (Å²) in [6.07, 6.45) is -4.35. The molecule has 2 heterocycles. The Labute approximate surface area is 167 Å². The topological polar surface area (TPSA) is 60.1 Å². The minimum absolute atomic E-state index is 0.400. The second kappa shape index (κ2) is 7.49. The minimum Gasteiger partial charge on any atom is -0.408 e. The summed E-state index contributed by atoms with van der Waals surface area (Å²) in [7, 11) is 1.66. The average Bonchev–Trinajstić information content (AvgIpc) is 3.26. The van der Waals surface area contributed by atoms with Crippen molar-refractivity contribution in [1.29, 1.82) is 0 Å². The van der Waals surface area contributed by atoms with Crippen molar-refractivity contribution in [3.05, 3.63) is 75.2 Å². The Bertz CT molecular complexity index is 1210. The molecule has 29 heavy (non-hydrogen) atoms. The lowest BCUT2D eigenvalue weighted by Crippen LogP contribution is -2.12. The van der Waals surface area contributed by atoms with Crippen LogP contribution in [0.1, 0.15) is 16.8 Å². The number of hydrogen-bond donors (Lipinski definition) is 1. The SMILES string of the molecule is Cn1c(=O)oc2cc(CNCc3csc(-c4ccc(C(F)(F)F)cc4)n3)ccc21. The third-order valence-corrected chi connectivity index (χ3v) is 5.44. The number of thiazole rings is 1. The van der Waals surface area contributed by atoms with Crippen LogP contribution in [0.15, 0.2) is 57.1 Å². The largest absolute Gasteiger partial charge is 0.419 e. The Morgan fingerprint density at radius 2 is 1.90 bits per heavy atom. The van der Waals surface area contributed by atoms with Crippen LogP contribution in [0.25, 0.3) is 21.7 Å². The highest BCUT2D eigenvalue weighted by molar-refractivity contribution is 7.13. The first-order valence-electron chi connectivity index (χ1n) is 8.72. The van der Waals surface area contributed by atoms with Gasteiger partial charge in [-0.25, -0.2) is 9.78 Å². The molecule has 0 aliphatic heterocycles. The Balaban J connectivity index is 1.39. The Hall–Kier alpha value is -2.91. The van der Waals surface area contributed by atoms with Crippen molar-refractivity contribution in [3.63, 3.8) is 0 Å². The van der Waals surface area contributed by atoms with Gasteiger partial charge < -0.3 is 9.73 Å². The van der Waals surface area contributed by atoms with Crippen LogP contribution in [0.2, 0.25) is 0 Å². The molecule has 1 N–H and O–H groups in total. The Morgan fingerprint density at radius 1 is 1.14 bits per heavy atom. The van der Waals surface area contributed by atoms with Gasteiger partial charge in [-0.2, -0.15) is 13.2 Å². The molecule has 0 spiro atoms. The van der Waals surface area contributed by atoms with Gasteiger partial charge in [0.15, 0.2) is 5.58 Å². The summed E-state index contributed by atoms with van der Waals surface area (Å²) in [6.45, 7) is 1.07. The summed E-state index contributed by atoms with van der Waals surface area (Å²) < 4.78 is 44.6. The number of aryl methyl sites for hydroxylation is 1. The number of halogens is 3. The molecule has 0 aliphatic rings. The summed E-state index contributed by atoms with van der Waals surface area (Å²) in [4.78, 5) is 16.0. The molecule has 4 rings (SSSR count). The van der Waals surface area contributed by atoms with Gasteiger partial charge in [0.2, 0.25) is 0 Å². The molecule has 0 saturated carbocycles. The van der Waals surface area contributed by atoms with E-state index in [-0.39, 0.29) is 0 Å². The molecular formula is C20H16F3N3O2S. The van der Waals surface area contributed by atoms with Crippen LogP contribution in [0, 0.1) is 0 Å². The Morgan fingerprint density at radius 3 is 2.62 bits per heavy atom. The average molecular weight is 419 g/mol. The van der Waals surface area contributed by atoms with Gasteiger partial charge in [0.1, 0.15) is 5.01 Å². The number of alkyl halides is 3. The van der Waals surface area contributed by atoms with Crippen molar-refractivity contribution in [2.24, 2.45) is 7.05 Å². The van der Waals surface area contributed by atoms with Crippen LogP contribution in [0.5, 0.6) is 0 Å². The van der Waals surface area contributed by atoms with Crippen LogP contribution in [0.4, 0.5) is 13.2 Å². The number of benzene rings is 2. The van der Waals surface area contributed by atoms with Crippen molar-refractivity contribution in [2.75, 3.05) is 0 Å². The summed E-state index contributed by atoms with van der Waals surface area (Å²) >= 11 is 1.38. The summed E-state index contributed by atoms with van der Waals surface area (Å²) in [5.74, 6) is -0.400. The van der Waals surface area contributed by atoms with Gasteiger partial charge in [0.05, 0.1) is 16.8 Å². The molecule has 2 aromatic carbocycles. The fourth-order valence-corrected chi connectivity index (χ4v) is 3.77. The van der Waals surface area contributed by atoms with E-state index >= 15 is 0 Å². The highest BCUT2D eigenvalue weighted by atomic mass is 32.1. The van der Waals surface area contributed by atoms with Crippen molar-refractivity contribution >= 4 is 22.4 Å². The van der Waals surface area contributed by atoms with E-state index in [1.54, 1.807) is 7.05 Å². The molecule has 0 saturated heterocycles. The molecular weight excluding hydrogens is 403 g/mol. The van der Waals surface area contributed by atoms with Gasteiger partial charge in [-0.15, -0.1) is 11.3 Å². The van der Waals surface area contributed by atoms with Crippen LogP contribution < -0.4 is 11.1 Å². The van der Waals surface area contributed by atoms with Crippen LogP contribution in [-0.2, 0) is 26.3 Å². The van der Waals surface area contributed by atoms with E-state index in [0.717, 1.165) is 28.9 Å². The lowest BCUT2D eigenvalue weighted by molar-refractivity contribution is -0.137. The van der Waals surface area contributed by atoms with Gasteiger partial charge >= 0.3 is 11.9 Å². The van der Waals surface area contributed by atoms with Gasteiger partial charge in [0.25, 0.3) is 0 Å². The van der Waals surface area contributed by atoms with E-state index in [2.05, 4.69) is 10.3 Å². The third kappa shape index (κ3) is 4.10. The van der Waals surface area contributed by atoms with Gasteiger partial charge in [0, 0.05) is 31.1 Å². The maximum atomic E-state index is 12.7. The predicted octanol–water partition coefficient (Wildman–Crippen LogP) is 4.56. The van der Waals surface area contributed by atoms with E-state index in [1.165, 1.54) is 28.0 Å². The monoisotopic (exact) mass is 419 g/mol. The zero-order chi connectivity index (χ0) is 20.6. The molecule has 0 amide bonds. The lowest BCUT2D eigenvalue weighted by Gasteiger charge is -2.06. The summed E-state index contributed by atoms with van der Waals surface area (Å²) in [6, 6.07) is 10.6. The van der Waals surface area contributed by atoms with Crippen molar-refractivity contribution in [3.8, 4) is 10.6 Å². The smallest absolute Gasteiger partial charge is 0.408 e. The second-order valence-electron chi connectivity index (χ2n) is 6.55. The molecule has 9 heteroatoms. The molecule has 0 aliphatic carbocycles. The number of fused-ring (bicyclic) bond motifs is 1. The quantitative estimate of drug-likeness (QED) is 0.515. The maximum Gasteiger partial charge on any atom is 0.419 e. The number of rotatable bonds is 5. The maximum absolute atomic E-state index is 12.7. The van der Waals surface area contributed by atoms with Crippen molar-refractivity contribution < 1.29 is 17.6 Å². The van der Waals surface area contributed by atoms with Gasteiger partial charge in [-0.3, -0.25) is 4.57 Å². The molecule has 0 fully saturated rings. The first kappa shape index (κ1) is 19.4. The molecule has 5 nitrogen and oxygen atoms in total. The fourth-order valence-electron chi connectivity index (χ4n) is 2.95. The van der Waals surface area contributed by atoms with Crippen molar-refractivity contribution in [1.82, 2.24) is 14.9 Å². The number of nitrogens with one attached hydrogen (secondary N) is 1. The van der Waals surface area contributed by atoms with E-state index in [4.69, 9.17) is 4.42 Å². The molecule has 0 bridgehead atoms. The standard InChI is InChI=1S/C20H16F3N3O2S/c1-26-16-7-2-12(8-17(16)28-19(26)27)9-24-10-15-11-29-18(25-15)13-3-5-14(6-4-13)20(21,22)23/h2-8,11,24H,9-10H2,1H3. The normalized spacial score (nSPS) is 12.0. The minimum atomic E-state index is -4.35. The molecule has 0 atom stereocenters. The Kier molecular flexibility index (Phi) is 5.01. The van der Waals surface area contributed by atoms with Crippen LogP contribution in [-0.4, -0.2) is 9.55 Å². The molecule has 0 unspecified atom stereocenters. The van der Waals surface area contributed by atoms with Crippen LogP contribution in [0.3, 0.4) is 0 Å². The highest BCUT2D eigenvalue weighted by Gasteiger charge is 2.30. The lowest BCUT2D eigenvalue weighted by atomic mass is 10.1. The second-order valence-corrected chi connectivity index (χ2v) is 7.41. The molecule has 4 aromatic rings. The number of oxazole rings is 1. The van der Waals surface area contributed by atoms with Gasteiger partial charge in [-0.05, 0) is 29.8 Å². The molecule has 150 valence electrons.